The number of aromatic nitrogens is 4. The van der Waals surface area contributed by atoms with Crippen molar-refractivity contribution in [3.05, 3.63) is 59.4 Å². The van der Waals surface area contributed by atoms with Gasteiger partial charge in [-0.3, -0.25) is 4.68 Å². The highest BCUT2D eigenvalue weighted by Gasteiger charge is 2.17. The van der Waals surface area contributed by atoms with Crippen LogP contribution in [0.4, 0.5) is 5.82 Å². The number of benzene rings is 2. The number of anilines is 1. The molecule has 30 heavy (non-hydrogen) atoms. The molecule has 4 aromatic rings. The lowest BCUT2D eigenvalue weighted by Gasteiger charge is -2.19. The van der Waals surface area contributed by atoms with E-state index in [4.69, 9.17) is 11.6 Å². The summed E-state index contributed by atoms with van der Waals surface area (Å²) in [5, 5.41) is 29.3. The monoisotopic (exact) mass is 421 g/mol. The molecular formula is C23H24ClN5O. The highest BCUT2D eigenvalue weighted by Crippen LogP contribution is 2.35. The van der Waals surface area contributed by atoms with E-state index in [0.717, 1.165) is 38.7 Å². The number of rotatable bonds is 5. The summed E-state index contributed by atoms with van der Waals surface area (Å²) in [6, 6.07) is 12.0. The maximum atomic E-state index is 10.1. The Morgan fingerprint density at radius 2 is 1.87 bits per heavy atom. The van der Waals surface area contributed by atoms with Crippen LogP contribution in [-0.2, 0) is 7.05 Å². The van der Waals surface area contributed by atoms with E-state index in [1.807, 2.05) is 44.6 Å². The number of hydrogen-bond donors (Lipinski definition) is 2. The summed E-state index contributed by atoms with van der Waals surface area (Å²) < 4.78 is 1.78. The van der Waals surface area contributed by atoms with Crippen LogP contribution < -0.4 is 5.32 Å². The van der Waals surface area contributed by atoms with Crippen molar-refractivity contribution in [1.29, 1.82) is 0 Å². The number of fused-ring (bicyclic) bond motifs is 1. The molecule has 2 aromatic heterocycles. The Kier molecular flexibility index (Phi) is 5.22. The summed E-state index contributed by atoms with van der Waals surface area (Å²) in [6.45, 7) is 5.87. The maximum Gasteiger partial charge on any atom is 0.156 e. The lowest BCUT2D eigenvalue weighted by molar-refractivity contribution is 0.0944. The molecule has 0 saturated heterocycles. The van der Waals surface area contributed by atoms with E-state index in [-0.39, 0.29) is 0 Å². The first-order valence-electron chi connectivity index (χ1n) is 9.73. The average molecular weight is 422 g/mol. The van der Waals surface area contributed by atoms with Gasteiger partial charge in [-0.1, -0.05) is 29.8 Å². The summed E-state index contributed by atoms with van der Waals surface area (Å²) in [6.07, 6.45) is 3.81. The zero-order valence-corrected chi connectivity index (χ0v) is 18.2. The fourth-order valence-corrected chi connectivity index (χ4v) is 3.65. The van der Waals surface area contributed by atoms with Crippen LogP contribution in [0.5, 0.6) is 0 Å². The molecule has 0 bridgehead atoms. The van der Waals surface area contributed by atoms with E-state index in [1.165, 1.54) is 0 Å². The van der Waals surface area contributed by atoms with E-state index < -0.39 is 5.60 Å². The first kappa shape index (κ1) is 20.3. The Bertz CT molecular complexity index is 1230. The second-order valence-corrected chi connectivity index (χ2v) is 8.62. The molecule has 0 atom stereocenters. The van der Waals surface area contributed by atoms with Crippen LogP contribution in [0.1, 0.15) is 19.4 Å². The zero-order chi connectivity index (χ0) is 21.5. The minimum absolute atomic E-state index is 0.354. The van der Waals surface area contributed by atoms with Crippen molar-refractivity contribution in [1.82, 2.24) is 20.0 Å². The Morgan fingerprint density at radius 3 is 2.53 bits per heavy atom. The zero-order valence-electron chi connectivity index (χ0n) is 17.4. The number of aliphatic hydroxyl groups is 1. The second kappa shape index (κ2) is 7.70. The molecule has 6 nitrogen and oxygen atoms in total. The Balaban J connectivity index is 1.90. The van der Waals surface area contributed by atoms with E-state index in [1.54, 1.807) is 18.5 Å². The van der Waals surface area contributed by atoms with Gasteiger partial charge < -0.3 is 10.4 Å². The third-order valence-electron chi connectivity index (χ3n) is 4.95. The summed E-state index contributed by atoms with van der Waals surface area (Å²) in [4.78, 5) is 0. The predicted molar refractivity (Wildman–Crippen MR) is 122 cm³/mol. The van der Waals surface area contributed by atoms with E-state index >= 15 is 0 Å². The quantitative estimate of drug-likeness (QED) is 0.482. The van der Waals surface area contributed by atoms with Crippen LogP contribution in [-0.4, -0.2) is 37.2 Å². The van der Waals surface area contributed by atoms with Crippen LogP contribution in [0.25, 0.3) is 33.2 Å². The van der Waals surface area contributed by atoms with Gasteiger partial charge in [0.1, 0.15) is 5.69 Å². The van der Waals surface area contributed by atoms with Crippen molar-refractivity contribution in [2.75, 3.05) is 11.9 Å². The van der Waals surface area contributed by atoms with Crippen LogP contribution in [0.2, 0.25) is 5.02 Å². The minimum atomic E-state index is -0.875. The highest BCUT2D eigenvalue weighted by atomic mass is 35.5. The van der Waals surface area contributed by atoms with Crippen molar-refractivity contribution < 1.29 is 5.11 Å². The van der Waals surface area contributed by atoms with Gasteiger partial charge in [-0.15, -0.1) is 10.2 Å². The van der Waals surface area contributed by atoms with Crippen LogP contribution in [0, 0.1) is 6.92 Å². The average Bonchev–Trinajstić information content (AvgIpc) is 3.12. The molecule has 0 unspecified atom stereocenters. The third-order valence-corrected chi connectivity index (χ3v) is 5.19. The molecular weight excluding hydrogens is 398 g/mol. The van der Waals surface area contributed by atoms with Crippen LogP contribution in [0.3, 0.4) is 0 Å². The summed E-state index contributed by atoms with van der Waals surface area (Å²) in [7, 11) is 1.90. The van der Waals surface area contributed by atoms with Crippen molar-refractivity contribution in [3.63, 3.8) is 0 Å². The smallest absolute Gasteiger partial charge is 0.156 e. The number of aryl methyl sites for hydroxylation is 2. The summed E-state index contributed by atoms with van der Waals surface area (Å²) in [5.41, 5.74) is 4.00. The topological polar surface area (TPSA) is 75.9 Å². The third kappa shape index (κ3) is 4.15. The van der Waals surface area contributed by atoms with E-state index in [9.17, 15) is 5.11 Å². The standard InChI is InChI=1S/C23H24ClN5O/c1-14-9-17(24)6-8-18(14)21-19-7-5-15(16-11-26-29(4)12-16)10-20(19)22(28-27-21)25-13-23(2,3)30/h5-12,30H,13H2,1-4H3,(H,25,28). The van der Waals surface area contributed by atoms with Gasteiger partial charge in [-0.05, 0) is 50.1 Å². The van der Waals surface area contributed by atoms with E-state index in [0.29, 0.717) is 17.4 Å². The predicted octanol–water partition coefficient (Wildman–Crippen LogP) is 4.84. The molecule has 0 amide bonds. The molecule has 0 radical (unpaired) electrons. The minimum Gasteiger partial charge on any atom is -0.389 e. The number of nitrogens with zero attached hydrogens (tertiary/aromatic N) is 4. The van der Waals surface area contributed by atoms with Crippen molar-refractivity contribution in [3.8, 4) is 22.4 Å². The van der Waals surface area contributed by atoms with Gasteiger partial charge in [-0.25, -0.2) is 0 Å². The normalized spacial score (nSPS) is 11.8. The number of nitrogens with one attached hydrogen (secondary N) is 1. The Labute approximate surface area is 180 Å². The van der Waals surface area contributed by atoms with Gasteiger partial charge in [0.2, 0.25) is 0 Å². The molecule has 0 aliphatic carbocycles. The lowest BCUT2D eigenvalue weighted by atomic mass is 9.98. The van der Waals surface area contributed by atoms with Crippen LogP contribution >= 0.6 is 11.6 Å². The molecule has 0 spiro atoms. The first-order chi connectivity index (χ1) is 14.2. The van der Waals surface area contributed by atoms with Crippen molar-refractivity contribution in [2.24, 2.45) is 7.05 Å². The largest absolute Gasteiger partial charge is 0.389 e. The van der Waals surface area contributed by atoms with Crippen molar-refractivity contribution in [2.45, 2.75) is 26.4 Å². The van der Waals surface area contributed by atoms with Crippen molar-refractivity contribution >= 4 is 28.2 Å². The fraction of sp³-hybridized carbons (Fsp3) is 0.261. The Hall–Kier alpha value is -2.96. The number of hydrogen-bond acceptors (Lipinski definition) is 5. The Morgan fingerprint density at radius 1 is 1.07 bits per heavy atom. The van der Waals surface area contributed by atoms with E-state index in [2.05, 4.69) is 38.8 Å². The SMILES string of the molecule is Cc1cc(Cl)ccc1-c1nnc(NCC(C)(C)O)c2cc(-c3cnn(C)c3)ccc12. The van der Waals surface area contributed by atoms with Crippen LogP contribution in [0.15, 0.2) is 48.8 Å². The molecule has 4 rings (SSSR count). The summed E-state index contributed by atoms with van der Waals surface area (Å²) in [5.74, 6) is 0.633. The molecule has 2 aromatic carbocycles. The highest BCUT2D eigenvalue weighted by molar-refractivity contribution is 6.30. The van der Waals surface area contributed by atoms with Gasteiger partial charge in [0.25, 0.3) is 0 Å². The summed E-state index contributed by atoms with van der Waals surface area (Å²) >= 11 is 6.14. The maximum absolute atomic E-state index is 10.1. The van der Waals surface area contributed by atoms with Gasteiger partial charge >= 0.3 is 0 Å². The molecule has 0 aliphatic rings. The van der Waals surface area contributed by atoms with Gasteiger partial charge in [-0.2, -0.15) is 5.10 Å². The number of halogens is 1. The van der Waals surface area contributed by atoms with Gasteiger partial charge in [0, 0.05) is 46.7 Å². The first-order valence-corrected chi connectivity index (χ1v) is 10.1. The molecule has 154 valence electrons. The molecule has 7 heteroatoms. The molecule has 0 saturated carbocycles. The fourth-order valence-electron chi connectivity index (χ4n) is 3.43. The second-order valence-electron chi connectivity index (χ2n) is 8.19. The molecule has 2 heterocycles. The van der Waals surface area contributed by atoms with Gasteiger partial charge in [0.15, 0.2) is 5.82 Å². The van der Waals surface area contributed by atoms with Gasteiger partial charge in [0.05, 0.1) is 11.8 Å². The molecule has 0 fully saturated rings. The lowest BCUT2D eigenvalue weighted by Crippen LogP contribution is -2.29. The molecule has 2 N–H and O–H groups in total. The molecule has 0 aliphatic heterocycles.